The number of aromatic nitrogens is 4. The summed E-state index contributed by atoms with van der Waals surface area (Å²) in [5.41, 5.74) is 4.70. The summed E-state index contributed by atoms with van der Waals surface area (Å²) in [5, 5.41) is 14.4. The van der Waals surface area contributed by atoms with Crippen LogP contribution >= 0.6 is 0 Å². The average Bonchev–Trinajstić information content (AvgIpc) is 3.13. The lowest BCUT2D eigenvalue weighted by molar-refractivity contribution is 0.373. The minimum Gasteiger partial charge on any atom is -0.504 e. The summed E-state index contributed by atoms with van der Waals surface area (Å²) in [7, 11) is 2.99. The molecule has 32 heavy (non-hydrogen) atoms. The van der Waals surface area contributed by atoms with Gasteiger partial charge in [0.2, 0.25) is 5.95 Å². The minimum absolute atomic E-state index is 0.0486. The molecule has 0 saturated carbocycles. The second kappa shape index (κ2) is 8.42. The zero-order valence-corrected chi connectivity index (χ0v) is 17.8. The molecule has 10 nitrogen and oxygen atoms in total. The molecule has 2 aromatic carbocycles. The van der Waals surface area contributed by atoms with Gasteiger partial charge in [0.15, 0.2) is 22.7 Å². The molecule has 0 radical (unpaired) electrons. The molecule has 4 aromatic rings. The van der Waals surface area contributed by atoms with Gasteiger partial charge in [0.1, 0.15) is 0 Å². The number of fused-ring (bicyclic) bond motifs is 1. The zero-order valence-electron chi connectivity index (χ0n) is 17.8. The molecule has 0 bridgehead atoms. The van der Waals surface area contributed by atoms with Crippen molar-refractivity contribution in [2.24, 2.45) is 12.1 Å². The van der Waals surface area contributed by atoms with E-state index in [-0.39, 0.29) is 22.9 Å². The lowest BCUT2D eigenvalue weighted by Crippen LogP contribution is -2.29. The van der Waals surface area contributed by atoms with E-state index >= 15 is 0 Å². The van der Waals surface area contributed by atoms with Crippen molar-refractivity contribution in [2.45, 2.75) is 13.5 Å². The molecule has 0 unspecified atom stereocenters. The maximum absolute atomic E-state index is 12.6. The first-order valence-corrected chi connectivity index (χ1v) is 9.79. The number of anilines is 1. The van der Waals surface area contributed by atoms with Gasteiger partial charge in [0.25, 0.3) is 5.56 Å². The standard InChI is InChI=1S/C22H22N6O4/c1-13-7-9-14(10-8-13)12-28-17-19(27(2)22(31)25-20(17)30)24-21(28)26-23-11-15-5-4-6-16(32-3)18(15)29/h4-11,29H,12H2,1-3H3,(H,24,26)(H,25,30,31)/b23-11+. The van der Waals surface area contributed by atoms with E-state index in [0.717, 1.165) is 11.1 Å². The van der Waals surface area contributed by atoms with Gasteiger partial charge in [-0.25, -0.2) is 10.2 Å². The first-order chi connectivity index (χ1) is 15.4. The van der Waals surface area contributed by atoms with Crippen molar-refractivity contribution in [3.63, 3.8) is 0 Å². The summed E-state index contributed by atoms with van der Waals surface area (Å²) in [6.07, 6.45) is 1.41. The third-order valence-electron chi connectivity index (χ3n) is 5.09. The van der Waals surface area contributed by atoms with Gasteiger partial charge in [-0.15, -0.1) is 0 Å². The Morgan fingerprint density at radius 1 is 1.22 bits per heavy atom. The van der Waals surface area contributed by atoms with E-state index in [9.17, 15) is 14.7 Å². The number of hydrogen-bond acceptors (Lipinski definition) is 7. The fraction of sp³-hybridized carbons (Fsp3) is 0.182. The predicted molar refractivity (Wildman–Crippen MR) is 122 cm³/mol. The van der Waals surface area contributed by atoms with Crippen molar-refractivity contribution in [1.82, 2.24) is 19.1 Å². The average molecular weight is 434 g/mol. The number of nitrogens with one attached hydrogen (secondary N) is 2. The van der Waals surface area contributed by atoms with Gasteiger partial charge in [-0.2, -0.15) is 10.1 Å². The predicted octanol–water partition coefficient (Wildman–Crippen LogP) is 1.94. The smallest absolute Gasteiger partial charge is 0.329 e. The van der Waals surface area contributed by atoms with E-state index in [1.54, 1.807) is 22.8 Å². The number of benzene rings is 2. The normalized spacial score (nSPS) is 11.3. The van der Waals surface area contributed by atoms with Crippen LogP contribution in [0.15, 0.2) is 57.2 Å². The highest BCUT2D eigenvalue weighted by Gasteiger charge is 2.17. The third kappa shape index (κ3) is 3.85. The van der Waals surface area contributed by atoms with Crippen LogP contribution in [-0.4, -0.2) is 37.5 Å². The topological polar surface area (TPSA) is 127 Å². The van der Waals surface area contributed by atoms with Crippen molar-refractivity contribution in [1.29, 1.82) is 0 Å². The number of hydrogen-bond donors (Lipinski definition) is 3. The number of ether oxygens (including phenoxy) is 1. The largest absolute Gasteiger partial charge is 0.504 e. The SMILES string of the molecule is COc1cccc(/C=N/Nc2nc3c(c(=O)[nH]c(=O)n3C)n2Cc2ccc(C)cc2)c1O. The van der Waals surface area contributed by atoms with Crippen LogP contribution in [-0.2, 0) is 13.6 Å². The number of H-pyrrole nitrogens is 1. The fourth-order valence-electron chi connectivity index (χ4n) is 3.32. The maximum atomic E-state index is 12.6. The van der Waals surface area contributed by atoms with Crippen LogP contribution in [0.5, 0.6) is 11.5 Å². The van der Waals surface area contributed by atoms with Gasteiger partial charge < -0.3 is 9.84 Å². The van der Waals surface area contributed by atoms with Crippen molar-refractivity contribution in [2.75, 3.05) is 12.5 Å². The van der Waals surface area contributed by atoms with E-state index in [4.69, 9.17) is 4.74 Å². The number of phenols is 1. The van der Waals surface area contributed by atoms with Crippen molar-refractivity contribution in [3.8, 4) is 11.5 Å². The number of imidazole rings is 1. The first kappa shape index (κ1) is 20.9. The van der Waals surface area contributed by atoms with Crippen LogP contribution < -0.4 is 21.4 Å². The highest BCUT2D eigenvalue weighted by Crippen LogP contribution is 2.28. The molecule has 0 atom stereocenters. The molecule has 0 aliphatic rings. The van der Waals surface area contributed by atoms with Crippen LogP contribution in [0.2, 0.25) is 0 Å². The molecule has 4 rings (SSSR count). The number of aromatic hydroxyl groups is 1. The van der Waals surface area contributed by atoms with Crippen LogP contribution in [0.3, 0.4) is 0 Å². The maximum Gasteiger partial charge on any atom is 0.329 e. The van der Waals surface area contributed by atoms with E-state index in [1.807, 2.05) is 31.2 Å². The highest BCUT2D eigenvalue weighted by molar-refractivity contribution is 5.85. The number of phenolic OH excluding ortho intramolecular Hbond substituents is 1. The van der Waals surface area contributed by atoms with Gasteiger partial charge >= 0.3 is 5.69 Å². The molecule has 0 amide bonds. The molecule has 2 heterocycles. The number of nitrogens with zero attached hydrogens (tertiary/aromatic N) is 4. The van der Waals surface area contributed by atoms with Crippen molar-refractivity contribution >= 4 is 23.3 Å². The highest BCUT2D eigenvalue weighted by atomic mass is 16.5. The third-order valence-corrected chi connectivity index (χ3v) is 5.09. The summed E-state index contributed by atoms with van der Waals surface area (Å²) >= 11 is 0. The Labute approximate surface area is 182 Å². The molecule has 2 aromatic heterocycles. The molecule has 0 aliphatic heterocycles. The first-order valence-electron chi connectivity index (χ1n) is 9.79. The Balaban J connectivity index is 1.77. The molecule has 0 saturated heterocycles. The van der Waals surface area contributed by atoms with Gasteiger partial charge in [-0.3, -0.25) is 18.9 Å². The second-order valence-corrected chi connectivity index (χ2v) is 7.27. The Kier molecular flexibility index (Phi) is 5.50. The van der Waals surface area contributed by atoms with Crippen LogP contribution in [0.4, 0.5) is 5.95 Å². The van der Waals surface area contributed by atoms with Gasteiger partial charge in [-0.05, 0) is 24.6 Å². The fourth-order valence-corrected chi connectivity index (χ4v) is 3.32. The number of rotatable bonds is 6. The van der Waals surface area contributed by atoms with Crippen LogP contribution in [0, 0.1) is 6.92 Å². The number of methoxy groups -OCH3 is 1. The van der Waals surface area contributed by atoms with Gasteiger partial charge in [-0.1, -0.05) is 35.9 Å². The monoisotopic (exact) mass is 434 g/mol. The molecule has 0 aliphatic carbocycles. The van der Waals surface area contributed by atoms with Crippen LogP contribution in [0.1, 0.15) is 16.7 Å². The summed E-state index contributed by atoms with van der Waals surface area (Å²) in [5.74, 6) is 0.542. The molecule has 0 fully saturated rings. The number of para-hydroxylation sites is 1. The Hall–Kier alpha value is -4.34. The van der Waals surface area contributed by atoms with Crippen molar-refractivity contribution in [3.05, 3.63) is 80.0 Å². The second-order valence-electron chi connectivity index (χ2n) is 7.27. The Bertz CT molecular complexity index is 1430. The molecule has 10 heteroatoms. The Morgan fingerprint density at radius 2 is 1.97 bits per heavy atom. The van der Waals surface area contributed by atoms with Crippen LogP contribution in [0.25, 0.3) is 11.2 Å². The molecule has 0 spiro atoms. The van der Waals surface area contributed by atoms with Gasteiger partial charge in [0.05, 0.1) is 19.9 Å². The summed E-state index contributed by atoms with van der Waals surface area (Å²) in [6.45, 7) is 2.33. The summed E-state index contributed by atoms with van der Waals surface area (Å²) in [4.78, 5) is 31.4. The minimum atomic E-state index is -0.557. The van der Waals surface area contributed by atoms with Crippen molar-refractivity contribution < 1.29 is 9.84 Å². The quantitative estimate of drug-likeness (QED) is 0.314. The lowest BCUT2D eigenvalue weighted by atomic mass is 10.1. The molecule has 3 N–H and O–H groups in total. The Morgan fingerprint density at radius 3 is 2.69 bits per heavy atom. The van der Waals surface area contributed by atoms with E-state index < -0.39 is 11.2 Å². The molecular formula is C22H22N6O4. The summed E-state index contributed by atoms with van der Waals surface area (Å²) in [6, 6.07) is 12.9. The lowest BCUT2D eigenvalue weighted by Gasteiger charge is -2.09. The molecule has 164 valence electrons. The van der Waals surface area contributed by atoms with E-state index in [0.29, 0.717) is 17.9 Å². The number of aromatic amines is 1. The summed E-state index contributed by atoms with van der Waals surface area (Å²) < 4.78 is 8.03. The number of aryl methyl sites for hydroxylation is 2. The zero-order chi connectivity index (χ0) is 22.8. The molecular weight excluding hydrogens is 412 g/mol. The van der Waals surface area contributed by atoms with E-state index in [1.165, 1.54) is 24.9 Å². The van der Waals surface area contributed by atoms with E-state index in [2.05, 4.69) is 20.5 Å². The van der Waals surface area contributed by atoms with Gasteiger partial charge in [0, 0.05) is 12.6 Å². The number of hydrazone groups is 1.